The van der Waals surface area contributed by atoms with Gasteiger partial charge >= 0.3 is 60.3 Å². The number of aliphatic hydroxyl groups excluding tert-OH is 2. The van der Waals surface area contributed by atoms with Crippen LogP contribution in [-0.2, 0) is 95.1 Å². The molecule has 0 radical (unpaired) electrons. The van der Waals surface area contributed by atoms with Gasteiger partial charge in [-0.25, -0.2) is 33.6 Å². The minimum Gasteiger partial charge on any atom is -0.457 e. The summed E-state index contributed by atoms with van der Waals surface area (Å²) in [6, 6.07) is 20.4. The van der Waals surface area contributed by atoms with Gasteiger partial charge in [0.2, 0.25) is 0 Å². The van der Waals surface area contributed by atoms with E-state index in [0.29, 0.717) is 20.9 Å². The van der Waals surface area contributed by atoms with Crippen molar-refractivity contribution < 1.29 is 144 Å². The highest BCUT2D eigenvalue weighted by molar-refractivity contribution is 7.10. The number of ketones is 2. The van der Waals surface area contributed by atoms with Gasteiger partial charge in [-0.05, 0) is 146 Å². The van der Waals surface area contributed by atoms with Crippen molar-refractivity contribution in [2.75, 3.05) is 27.4 Å². The van der Waals surface area contributed by atoms with Crippen LogP contribution in [0, 0.1) is 45.3 Å². The lowest BCUT2D eigenvalue weighted by Gasteiger charge is -2.67. The maximum Gasteiger partial charge on any atom is 0.508 e. The summed E-state index contributed by atoms with van der Waals surface area (Å²) in [5.74, 6) is -11.8. The first-order valence-corrected chi connectivity index (χ1v) is 42.0. The number of aliphatic hydroxyl groups is 4. The molecule has 34 heteroatoms. The number of Topliss-reactive ketones (excluding diaryl/α,β-unsaturated/α-hetero) is 2. The number of hydrogen-bond donors (Lipinski definition) is 6. The summed E-state index contributed by atoms with van der Waals surface area (Å²) < 4.78 is 81.6. The van der Waals surface area contributed by atoms with E-state index in [1.165, 1.54) is 70.2 Å². The molecule has 4 aromatic rings. The van der Waals surface area contributed by atoms with Crippen LogP contribution < -0.4 is 10.6 Å². The van der Waals surface area contributed by atoms with Gasteiger partial charge in [0.1, 0.15) is 89.2 Å². The molecule has 664 valence electrons. The topological polar surface area (TPSA) is 439 Å². The zero-order valence-electron chi connectivity index (χ0n) is 71.9. The molecular weight excluding hydrogens is 1630 g/mol. The van der Waals surface area contributed by atoms with Crippen molar-refractivity contribution in [3.05, 3.63) is 139 Å². The molecule has 2 aromatic carbocycles. The Bertz CT molecular complexity index is 4450. The molecular formula is C88H110N2O30S2. The third-order valence-corrected chi connectivity index (χ3v) is 27.8. The number of hydrogen-bond acceptors (Lipinski definition) is 32. The first kappa shape index (κ1) is 93.0. The Balaban J connectivity index is 0.000000238. The van der Waals surface area contributed by atoms with Crippen LogP contribution in [-0.4, -0.2) is 214 Å². The summed E-state index contributed by atoms with van der Waals surface area (Å²) in [5, 5.41) is 60.2. The van der Waals surface area contributed by atoms with Crippen LogP contribution in [0.25, 0.3) is 0 Å². The van der Waals surface area contributed by atoms with Crippen molar-refractivity contribution in [1.82, 2.24) is 10.6 Å². The second-order valence-corrected chi connectivity index (χ2v) is 38.1. The standard InChI is InChI=1S/C45H57NO14S.C43H53NO16S/c1-23-28(56-37(49)25(3)33(29-18-15-19-61-29)46-39(51)60-41(5,6)7)21-45(53)36(58-38(50)27-16-13-12-14-17-27)34-43(10,35(48)24(2)32(23)42(45,8)9)30(57-40(52)54-11)20-31-44(34,22-55-31)59-26(4)47;1-21-24(56-36(50)31(47)29(25-16-13-17-61-25)44-37(51)60-39(3,4)5)19-43(53)34(58-35(49)23-14-11-10-12-15-23)32-41(8,33(48)30(46)28(21)40(43,6)7)26(57-38(52)54-9)18-27-42(32,20-55-27)59-22(2)45/h12-19,24-25,28,30-31,33-34,36,53H,20-22H2,1-11H3,(H,46,51);10-17,24,26-27,29-32,34,46-47,53H,18-20H2,1-9H3,(H,44,51)/t24-,25-,28+,30+,31-,33-,34?,36+,43-,44+,45-;24-,26-,27+,29-,30+,31+,32?,34-,41+,42-,43+/m10/s1. The van der Waals surface area contributed by atoms with Gasteiger partial charge in [0.05, 0.1) is 73.2 Å². The lowest BCUT2D eigenvalue weighted by molar-refractivity contribution is -0.346. The SMILES string of the molecule is COC(=O)O[C@H]1C[C@H]2OC[C@@]2(OC(C)=O)C2[C@H](OC(=O)c3ccccc3)[C@]3(O)C[C@H](OC(=O)[C@H](C)[C@@H](NC(=O)OC(C)(C)C)c4cccs4)C(C)=C([C@@H](C)C(=O)[C@@]21C)C3(C)C.COC(=O)O[C@H]1C[C@H]2OC[C@@]2(OC(C)=O)C2[C@H](OC(=O)c3ccccc3)[C@]3(O)C[C@H](OC(=O)[C@H](O)[C@@H](NC(=O)OC(C)(C)C)c4cccs4)C(C)=C([C@@H](O)C(=O)[C@@]21C)C3(C)C. The molecule has 6 fully saturated rings. The van der Waals surface area contributed by atoms with E-state index in [1.54, 1.807) is 149 Å². The number of ether oxygens (including phenoxy) is 14. The molecule has 2 unspecified atom stereocenters. The number of alkyl carbamates (subject to hydrolysis) is 2. The Kier molecular flexibility index (Phi) is 26.3. The van der Waals surface area contributed by atoms with E-state index < -0.39 is 230 Å². The van der Waals surface area contributed by atoms with E-state index in [-0.39, 0.29) is 54.7 Å². The highest BCUT2D eigenvalue weighted by atomic mass is 32.1. The fraction of sp³-hybridized carbons (Fsp3) is 0.591. The number of carbonyl (C=O) groups excluding carboxylic acids is 12. The smallest absolute Gasteiger partial charge is 0.457 e. The molecule has 22 atom stereocenters. The lowest BCUT2D eigenvalue weighted by Crippen LogP contribution is -2.82. The maximum absolute atomic E-state index is 15.6. The van der Waals surface area contributed by atoms with Crippen molar-refractivity contribution in [3.8, 4) is 0 Å². The predicted octanol–water partition coefficient (Wildman–Crippen LogP) is 10.8. The van der Waals surface area contributed by atoms with Crippen LogP contribution in [0.4, 0.5) is 19.2 Å². The van der Waals surface area contributed by atoms with Crippen LogP contribution >= 0.6 is 22.7 Å². The zero-order chi connectivity index (χ0) is 90.1. The Morgan fingerprint density at radius 3 is 1.30 bits per heavy atom. The highest BCUT2D eigenvalue weighted by Gasteiger charge is 2.81. The number of rotatable bonds is 18. The molecule has 122 heavy (non-hydrogen) atoms. The van der Waals surface area contributed by atoms with Gasteiger partial charge in [-0.3, -0.25) is 24.0 Å². The van der Waals surface area contributed by atoms with E-state index >= 15 is 9.59 Å². The quantitative estimate of drug-likeness (QED) is 0.0306. The number of methoxy groups -OCH3 is 2. The highest BCUT2D eigenvalue weighted by Crippen LogP contribution is 2.68. The minimum atomic E-state index is -2.42. The Morgan fingerprint density at radius 1 is 0.533 bits per heavy atom. The molecule has 2 aliphatic heterocycles. The number of amides is 2. The largest absolute Gasteiger partial charge is 0.508 e. The van der Waals surface area contributed by atoms with Gasteiger partial charge in [0, 0.05) is 66.0 Å². The van der Waals surface area contributed by atoms with Gasteiger partial charge in [0.25, 0.3) is 0 Å². The van der Waals surface area contributed by atoms with Gasteiger partial charge in [-0.15, -0.1) is 22.7 Å². The third-order valence-electron chi connectivity index (χ3n) is 25.9. The summed E-state index contributed by atoms with van der Waals surface area (Å²) in [7, 11) is 2.19. The predicted molar refractivity (Wildman–Crippen MR) is 432 cm³/mol. The molecule has 2 amide bonds. The van der Waals surface area contributed by atoms with Crippen molar-refractivity contribution in [1.29, 1.82) is 0 Å². The molecule has 4 heterocycles. The first-order chi connectivity index (χ1) is 56.8. The van der Waals surface area contributed by atoms with Gasteiger partial charge in [-0.1, -0.05) is 83.1 Å². The van der Waals surface area contributed by atoms with Crippen molar-refractivity contribution in [2.45, 2.75) is 257 Å². The second-order valence-electron chi connectivity index (χ2n) is 36.1. The van der Waals surface area contributed by atoms with Gasteiger partial charge < -0.3 is 97.4 Å². The average molecular weight is 1740 g/mol. The molecule has 8 aliphatic rings. The Hall–Kier alpha value is -9.68. The van der Waals surface area contributed by atoms with E-state index in [0.717, 1.165) is 32.5 Å². The monoisotopic (exact) mass is 1740 g/mol. The maximum atomic E-state index is 15.6. The van der Waals surface area contributed by atoms with E-state index in [4.69, 9.17) is 66.3 Å². The number of benzene rings is 2. The summed E-state index contributed by atoms with van der Waals surface area (Å²) in [4.78, 5) is 167. The van der Waals surface area contributed by atoms with Crippen molar-refractivity contribution >= 4 is 94.6 Å². The van der Waals surface area contributed by atoms with Crippen LogP contribution in [0.15, 0.2) is 118 Å². The molecule has 2 saturated heterocycles. The fourth-order valence-corrected chi connectivity index (χ4v) is 21.6. The van der Waals surface area contributed by atoms with Gasteiger partial charge in [0.15, 0.2) is 23.1 Å². The van der Waals surface area contributed by atoms with Crippen molar-refractivity contribution in [3.63, 3.8) is 0 Å². The average Bonchev–Trinajstić information content (AvgIpc) is 0.775. The van der Waals surface area contributed by atoms with Crippen LogP contribution in [0.5, 0.6) is 0 Å². The number of carbonyl (C=O) groups is 12. The minimum absolute atomic E-state index is 0.0473. The summed E-state index contributed by atoms with van der Waals surface area (Å²) >= 11 is 2.47. The fourth-order valence-electron chi connectivity index (χ4n) is 20.0. The molecule has 32 nitrogen and oxygen atoms in total. The van der Waals surface area contributed by atoms with E-state index in [1.807, 2.05) is 5.38 Å². The van der Waals surface area contributed by atoms with Crippen LogP contribution in [0.3, 0.4) is 0 Å². The molecule has 4 bridgehead atoms. The molecule has 2 aromatic heterocycles. The number of nitrogens with one attached hydrogen (secondary N) is 2. The summed E-state index contributed by atoms with van der Waals surface area (Å²) in [6.07, 6.45) is -20.3. The molecule has 6 aliphatic carbocycles. The molecule has 12 rings (SSSR count). The number of esters is 6. The lowest BCUT2D eigenvalue weighted by atomic mass is 9.43. The molecule has 0 spiro atoms. The number of thiophene rings is 2. The zero-order valence-corrected chi connectivity index (χ0v) is 73.6. The summed E-state index contributed by atoms with van der Waals surface area (Å²) in [6.45, 7) is 27.8. The second kappa shape index (κ2) is 34.4. The number of fused-ring (bicyclic) bond motifs is 10. The summed E-state index contributed by atoms with van der Waals surface area (Å²) in [5.41, 5.74) is -15.7. The normalized spacial score (nSPS) is 32.5. The van der Waals surface area contributed by atoms with E-state index in [2.05, 4.69) is 10.6 Å². The van der Waals surface area contributed by atoms with Crippen LogP contribution in [0.1, 0.15) is 193 Å². The van der Waals surface area contributed by atoms with Gasteiger partial charge in [-0.2, -0.15) is 0 Å². The van der Waals surface area contributed by atoms with Crippen LogP contribution in [0.2, 0.25) is 0 Å². The Morgan fingerprint density at radius 2 is 0.918 bits per heavy atom. The first-order valence-electron chi connectivity index (χ1n) is 40.3. The van der Waals surface area contributed by atoms with Crippen molar-refractivity contribution in [2.24, 2.45) is 45.3 Å². The molecule has 6 N–H and O–H groups in total. The third kappa shape index (κ3) is 16.8. The molecule has 4 saturated carbocycles. The van der Waals surface area contributed by atoms with E-state index in [9.17, 15) is 68.4 Å². The Labute approximate surface area is 714 Å².